The van der Waals surface area contributed by atoms with Crippen molar-refractivity contribution in [1.82, 2.24) is 19.7 Å². The van der Waals surface area contributed by atoms with Crippen molar-refractivity contribution in [3.63, 3.8) is 0 Å². The van der Waals surface area contributed by atoms with E-state index in [2.05, 4.69) is 10.1 Å². The van der Waals surface area contributed by atoms with Gasteiger partial charge in [0.15, 0.2) is 0 Å². The molecule has 2 aromatic heterocycles. The third-order valence-corrected chi connectivity index (χ3v) is 3.91. The quantitative estimate of drug-likeness (QED) is 0.889. The van der Waals surface area contributed by atoms with Crippen LogP contribution in [0.5, 0.6) is 0 Å². The molecule has 0 saturated carbocycles. The minimum Gasteiger partial charge on any atom is -0.394 e. The Morgan fingerprint density at radius 2 is 2.36 bits per heavy atom. The first-order valence-electron chi connectivity index (χ1n) is 7.13. The van der Waals surface area contributed by atoms with E-state index in [1.54, 1.807) is 47.4 Å². The number of aliphatic hydroxyl groups is 1. The zero-order valence-electron chi connectivity index (χ0n) is 12.3. The Hall–Kier alpha value is -2.25. The first-order valence-corrected chi connectivity index (χ1v) is 7.13. The predicted octanol–water partition coefficient (Wildman–Crippen LogP) is 0.489. The van der Waals surface area contributed by atoms with Gasteiger partial charge in [0.1, 0.15) is 5.69 Å². The molecule has 0 spiro atoms. The number of likely N-dealkylation sites (tertiary alicyclic amines) is 1. The van der Waals surface area contributed by atoms with Crippen LogP contribution in [0.25, 0.3) is 5.69 Å². The number of carbonyl (C=O) groups excluding carboxylic acids is 1. The van der Waals surface area contributed by atoms with Crippen molar-refractivity contribution in [2.75, 3.05) is 20.3 Å². The fourth-order valence-electron chi connectivity index (χ4n) is 2.71. The van der Waals surface area contributed by atoms with Crippen LogP contribution in [0.3, 0.4) is 0 Å². The predicted molar refractivity (Wildman–Crippen MR) is 78.7 cm³/mol. The summed E-state index contributed by atoms with van der Waals surface area (Å²) in [6, 6.07) is 5.07. The van der Waals surface area contributed by atoms with Gasteiger partial charge in [-0.15, -0.1) is 0 Å². The molecule has 0 bridgehead atoms. The van der Waals surface area contributed by atoms with Crippen molar-refractivity contribution < 1.29 is 14.6 Å². The third kappa shape index (κ3) is 2.72. The molecular formula is C15H18N4O3. The first kappa shape index (κ1) is 14.7. The molecule has 22 heavy (non-hydrogen) atoms. The van der Waals surface area contributed by atoms with E-state index < -0.39 is 0 Å². The number of aliphatic hydroxyl groups excluding tert-OH is 1. The van der Waals surface area contributed by atoms with Gasteiger partial charge < -0.3 is 14.7 Å². The molecule has 116 valence electrons. The fraction of sp³-hybridized carbons (Fsp3) is 0.400. The smallest absolute Gasteiger partial charge is 0.272 e. The first-order chi connectivity index (χ1) is 10.7. The van der Waals surface area contributed by atoms with E-state index in [9.17, 15) is 9.90 Å². The Balaban J connectivity index is 1.84. The van der Waals surface area contributed by atoms with E-state index in [0.717, 1.165) is 5.69 Å². The van der Waals surface area contributed by atoms with Crippen LogP contribution in [0.2, 0.25) is 0 Å². The molecule has 1 fully saturated rings. The number of carbonyl (C=O) groups is 1. The number of pyridine rings is 1. The van der Waals surface area contributed by atoms with Crippen LogP contribution in [-0.2, 0) is 4.74 Å². The average molecular weight is 302 g/mol. The summed E-state index contributed by atoms with van der Waals surface area (Å²) < 4.78 is 6.97. The van der Waals surface area contributed by atoms with E-state index in [-0.39, 0.29) is 24.7 Å². The molecule has 7 nitrogen and oxygen atoms in total. The van der Waals surface area contributed by atoms with Crippen LogP contribution in [-0.4, -0.2) is 63.1 Å². The maximum absolute atomic E-state index is 12.7. The minimum atomic E-state index is -0.229. The molecule has 2 atom stereocenters. The summed E-state index contributed by atoms with van der Waals surface area (Å²) in [5, 5.41) is 13.6. The van der Waals surface area contributed by atoms with Gasteiger partial charge >= 0.3 is 0 Å². The molecule has 3 rings (SSSR count). The lowest BCUT2D eigenvalue weighted by atomic mass is 10.2. The highest BCUT2D eigenvalue weighted by Gasteiger charge is 2.35. The largest absolute Gasteiger partial charge is 0.394 e. The molecule has 1 N–H and O–H groups in total. The number of nitrogens with zero attached hydrogens (tertiary/aromatic N) is 4. The summed E-state index contributed by atoms with van der Waals surface area (Å²) in [6.45, 7) is 0.388. The fourth-order valence-corrected chi connectivity index (χ4v) is 2.71. The number of aromatic nitrogens is 3. The summed E-state index contributed by atoms with van der Waals surface area (Å²) in [7, 11) is 1.61. The SMILES string of the molecule is CO[C@@H]1C[C@@H](CO)N(C(=O)c2cc(-n3cccn3)ccn2)C1. The Morgan fingerprint density at radius 3 is 3.05 bits per heavy atom. The van der Waals surface area contributed by atoms with E-state index >= 15 is 0 Å². The Bertz CT molecular complexity index is 644. The van der Waals surface area contributed by atoms with E-state index in [4.69, 9.17) is 4.74 Å². The molecule has 0 unspecified atom stereocenters. The molecule has 2 aromatic rings. The Morgan fingerprint density at radius 1 is 1.50 bits per heavy atom. The molecule has 1 aliphatic rings. The van der Waals surface area contributed by atoms with Crippen molar-refractivity contribution >= 4 is 5.91 Å². The summed E-state index contributed by atoms with van der Waals surface area (Å²) >= 11 is 0. The number of hydrogen-bond donors (Lipinski definition) is 1. The highest BCUT2D eigenvalue weighted by atomic mass is 16.5. The average Bonchev–Trinajstić information content (AvgIpc) is 3.23. The molecule has 7 heteroatoms. The molecule has 1 amide bonds. The second-order valence-electron chi connectivity index (χ2n) is 5.24. The van der Waals surface area contributed by atoms with Crippen LogP contribution < -0.4 is 0 Å². The number of amides is 1. The highest BCUT2D eigenvalue weighted by molar-refractivity contribution is 5.93. The van der Waals surface area contributed by atoms with Gasteiger partial charge in [-0.2, -0.15) is 5.10 Å². The maximum Gasteiger partial charge on any atom is 0.272 e. The Labute approximate surface area is 128 Å². The molecule has 0 radical (unpaired) electrons. The van der Waals surface area contributed by atoms with E-state index in [0.29, 0.717) is 18.7 Å². The number of rotatable bonds is 4. The van der Waals surface area contributed by atoms with Crippen LogP contribution in [0.15, 0.2) is 36.8 Å². The normalized spacial score (nSPS) is 21.3. The molecule has 0 aromatic carbocycles. The van der Waals surface area contributed by atoms with Crippen molar-refractivity contribution in [3.05, 3.63) is 42.5 Å². The van der Waals surface area contributed by atoms with Crippen LogP contribution in [0.1, 0.15) is 16.9 Å². The van der Waals surface area contributed by atoms with E-state index in [1.807, 2.05) is 6.07 Å². The second-order valence-corrected chi connectivity index (χ2v) is 5.24. The van der Waals surface area contributed by atoms with Crippen molar-refractivity contribution in [3.8, 4) is 5.69 Å². The van der Waals surface area contributed by atoms with Crippen molar-refractivity contribution in [1.29, 1.82) is 0 Å². The summed E-state index contributed by atoms with van der Waals surface area (Å²) in [6.07, 6.45) is 5.65. The summed E-state index contributed by atoms with van der Waals surface area (Å²) in [5.74, 6) is -0.201. The van der Waals surface area contributed by atoms with Crippen LogP contribution in [0.4, 0.5) is 0 Å². The zero-order valence-corrected chi connectivity index (χ0v) is 12.3. The summed E-state index contributed by atoms with van der Waals surface area (Å²) in [4.78, 5) is 18.5. The van der Waals surface area contributed by atoms with Gasteiger partial charge in [0, 0.05) is 32.2 Å². The van der Waals surface area contributed by atoms with Gasteiger partial charge in [-0.25, -0.2) is 4.68 Å². The summed E-state index contributed by atoms with van der Waals surface area (Å²) in [5.41, 5.74) is 1.11. The lowest BCUT2D eigenvalue weighted by molar-refractivity contribution is 0.0642. The maximum atomic E-state index is 12.7. The van der Waals surface area contributed by atoms with Gasteiger partial charge in [-0.3, -0.25) is 9.78 Å². The number of methoxy groups -OCH3 is 1. The standard InChI is InChI=1S/C15H18N4O3/c1-22-13-7-12(10-20)18(9-13)15(21)14-8-11(3-5-16-14)19-6-2-4-17-19/h2-6,8,12-13,20H,7,9-10H2,1H3/t12-,13+/m0/s1. The van der Waals surface area contributed by atoms with Gasteiger partial charge in [0.2, 0.25) is 0 Å². The zero-order chi connectivity index (χ0) is 15.5. The molecular weight excluding hydrogens is 284 g/mol. The lowest BCUT2D eigenvalue weighted by Gasteiger charge is -2.22. The van der Waals surface area contributed by atoms with Gasteiger partial charge in [-0.1, -0.05) is 0 Å². The van der Waals surface area contributed by atoms with Gasteiger partial charge in [0.05, 0.1) is 24.4 Å². The van der Waals surface area contributed by atoms with Crippen LogP contribution in [0, 0.1) is 0 Å². The van der Waals surface area contributed by atoms with Crippen LogP contribution >= 0.6 is 0 Å². The van der Waals surface area contributed by atoms with Gasteiger partial charge in [-0.05, 0) is 24.6 Å². The molecule has 1 saturated heterocycles. The topological polar surface area (TPSA) is 80.5 Å². The monoisotopic (exact) mass is 302 g/mol. The van der Waals surface area contributed by atoms with Crippen molar-refractivity contribution in [2.24, 2.45) is 0 Å². The van der Waals surface area contributed by atoms with Gasteiger partial charge in [0.25, 0.3) is 5.91 Å². The minimum absolute atomic E-state index is 0.0459. The van der Waals surface area contributed by atoms with E-state index in [1.165, 1.54) is 0 Å². The Kier molecular flexibility index (Phi) is 4.17. The lowest BCUT2D eigenvalue weighted by Crippen LogP contribution is -2.38. The molecule has 0 aliphatic carbocycles. The van der Waals surface area contributed by atoms with Crippen molar-refractivity contribution in [2.45, 2.75) is 18.6 Å². The number of ether oxygens (including phenoxy) is 1. The molecule has 3 heterocycles. The second kappa shape index (κ2) is 6.25. The highest BCUT2D eigenvalue weighted by Crippen LogP contribution is 2.22. The number of hydrogen-bond acceptors (Lipinski definition) is 5. The molecule has 1 aliphatic heterocycles. The third-order valence-electron chi connectivity index (χ3n) is 3.91.